The van der Waals surface area contributed by atoms with Crippen LogP contribution in [0.4, 0.5) is 0 Å². The van der Waals surface area contributed by atoms with Crippen LogP contribution in [0.5, 0.6) is 0 Å². The van der Waals surface area contributed by atoms with Crippen molar-refractivity contribution < 1.29 is 14.5 Å². The number of carboxylic acid groups (broad SMARTS) is 1. The molecule has 0 fully saturated rings. The van der Waals surface area contributed by atoms with Gasteiger partial charge in [0.25, 0.3) is 5.82 Å². The molecule has 0 aromatic carbocycles. The third-order valence-corrected chi connectivity index (χ3v) is 2.95. The Morgan fingerprint density at radius 3 is 2.76 bits per heavy atom. The molecule has 0 aliphatic carbocycles. The molecule has 0 aliphatic heterocycles. The van der Waals surface area contributed by atoms with E-state index in [9.17, 15) is 4.79 Å². The van der Waals surface area contributed by atoms with E-state index >= 15 is 0 Å². The van der Waals surface area contributed by atoms with Gasteiger partial charge in [-0.15, -0.1) is 0 Å². The van der Waals surface area contributed by atoms with Gasteiger partial charge in [0.2, 0.25) is 0 Å². The smallest absolute Gasteiger partial charge is 0.303 e. The van der Waals surface area contributed by atoms with Crippen LogP contribution in [0.15, 0.2) is 12.4 Å². The minimum atomic E-state index is -0.714. The second-order valence-corrected chi connectivity index (χ2v) is 4.31. The molecule has 96 valence electrons. The Morgan fingerprint density at radius 2 is 2.18 bits per heavy atom. The second-order valence-electron chi connectivity index (χ2n) is 4.31. The summed E-state index contributed by atoms with van der Waals surface area (Å²) in [5, 5.41) is 8.62. The predicted octanol–water partition coefficient (Wildman–Crippen LogP) is 2.00. The summed E-state index contributed by atoms with van der Waals surface area (Å²) in [7, 11) is 0. The zero-order valence-corrected chi connectivity index (χ0v) is 10.9. The van der Waals surface area contributed by atoms with Gasteiger partial charge in [-0.3, -0.25) is 4.79 Å². The minimum absolute atomic E-state index is 0.246. The first kappa shape index (κ1) is 13.7. The van der Waals surface area contributed by atoms with Crippen LogP contribution in [-0.2, 0) is 24.3 Å². The number of aliphatic carboxylic acids is 1. The highest BCUT2D eigenvalue weighted by Crippen LogP contribution is 2.02. The number of aromatic nitrogens is 2. The van der Waals surface area contributed by atoms with Crippen molar-refractivity contribution in [1.82, 2.24) is 4.57 Å². The number of carboxylic acids is 1. The van der Waals surface area contributed by atoms with Crippen molar-refractivity contribution in [3.05, 3.63) is 18.2 Å². The molecular weight excluding hydrogens is 216 g/mol. The van der Waals surface area contributed by atoms with E-state index in [0.29, 0.717) is 6.42 Å². The molecule has 17 heavy (non-hydrogen) atoms. The number of hydrogen-bond donors (Lipinski definition) is 1. The standard InChI is InChI=1S/C13H22N2O2/c1-3-5-8-14-10-11-15(12(14)4-2)9-6-7-13(16)17/h10-11H,3-9H2,1-2H3/p+1. The average Bonchev–Trinajstić information content (AvgIpc) is 2.68. The van der Waals surface area contributed by atoms with Crippen LogP contribution in [-0.4, -0.2) is 15.6 Å². The third kappa shape index (κ3) is 4.21. The van der Waals surface area contributed by atoms with Crippen molar-refractivity contribution in [3.8, 4) is 0 Å². The zero-order chi connectivity index (χ0) is 12.7. The molecule has 0 saturated carbocycles. The Morgan fingerprint density at radius 1 is 1.41 bits per heavy atom. The molecular formula is C13H23N2O2+. The van der Waals surface area contributed by atoms with E-state index in [-0.39, 0.29) is 6.42 Å². The molecule has 0 bridgehead atoms. The molecule has 0 aliphatic rings. The van der Waals surface area contributed by atoms with Gasteiger partial charge in [0, 0.05) is 12.8 Å². The van der Waals surface area contributed by atoms with Gasteiger partial charge in [0.1, 0.15) is 12.4 Å². The molecule has 1 rings (SSSR count). The van der Waals surface area contributed by atoms with E-state index in [1.807, 2.05) is 0 Å². The van der Waals surface area contributed by atoms with Gasteiger partial charge in [0.05, 0.1) is 13.1 Å². The topological polar surface area (TPSA) is 46.1 Å². The van der Waals surface area contributed by atoms with E-state index < -0.39 is 5.97 Å². The molecule has 4 heteroatoms. The normalized spacial score (nSPS) is 10.7. The maximum atomic E-state index is 10.5. The summed E-state index contributed by atoms with van der Waals surface area (Å²) in [4.78, 5) is 10.5. The van der Waals surface area contributed by atoms with Crippen molar-refractivity contribution in [3.63, 3.8) is 0 Å². The Bertz CT molecular complexity index is 358. The number of aryl methyl sites for hydroxylation is 2. The lowest BCUT2D eigenvalue weighted by Crippen LogP contribution is -2.37. The SMILES string of the molecule is CCCCn1cc[n+](CCCC(=O)O)c1CC. The van der Waals surface area contributed by atoms with Crippen LogP contribution in [0.3, 0.4) is 0 Å². The molecule has 0 radical (unpaired) electrons. The third-order valence-electron chi connectivity index (χ3n) is 2.95. The Hall–Kier alpha value is -1.32. The quantitative estimate of drug-likeness (QED) is 0.705. The number of nitrogens with zero attached hydrogens (tertiary/aromatic N) is 2. The fourth-order valence-electron chi connectivity index (χ4n) is 2.04. The van der Waals surface area contributed by atoms with E-state index in [1.54, 1.807) is 0 Å². The largest absolute Gasteiger partial charge is 0.481 e. The highest BCUT2D eigenvalue weighted by atomic mass is 16.4. The summed E-state index contributed by atoms with van der Waals surface area (Å²) < 4.78 is 4.46. The lowest BCUT2D eigenvalue weighted by atomic mass is 10.3. The second kappa shape index (κ2) is 7.09. The van der Waals surface area contributed by atoms with Gasteiger partial charge < -0.3 is 5.11 Å². The molecule has 1 heterocycles. The van der Waals surface area contributed by atoms with Gasteiger partial charge in [-0.2, -0.15) is 0 Å². The first-order chi connectivity index (χ1) is 8.19. The Labute approximate surface area is 103 Å². The van der Waals surface area contributed by atoms with Gasteiger partial charge in [0.15, 0.2) is 0 Å². The Balaban J connectivity index is 2.59. The molecule has 1 N–H and O–H groups in total. The monoisotopic (exact) mass is 239 g/mol. The van der Waals surface area contributed by atoms with Crippen molar-refractivity contribution in [2.75, 3.05) is 0 Å². The van der Waals surface area contributed by atoms with E-state index in [4.69, 9.17) is 5.11 Å². The van der Waals surface area contributed by atoms with Crippen LogP contribution in [0.2, 0.25) is 0 Å². The van der Waals surface area contributed by atoms with Gasteiger partial charge >= 0.3 is 5.97 Å². The van der Waals surface area contributed by atoms with Crippen molar-refractivity contribution in [1.29, 1.82) is 0 Å². The summed E-state index contributed by atoms with van der Waals surface area (Å²) in [5.41, 5.74) is 0. The van der Waals surface area contributed by atoms with E-state index in [0.717, 1.165) is 19.5 Å². The van der Waals surface area contributed by atoms with Crippen LogP contribution >= 0.6 is 0 Å². The summed E-state index contributed by atoms with van der Waals surface area (Å²) in [5.74, 6) is 0.581. The number of hydrogen-bond acceptors (Lipinski definition) is 1. The van der Waals surface area contributed by atoms with Crippen LogP contribution < -0.4 is 4.57 Å². The number of imidazole rings is 1. The summed E-state index contributed by atoms with van der Waals surface area (Å²) in [6, 6.07) is 0. The van der Waals surface area contributed by atoms with Crippen molar-refractivity contribution >= 4 is 5.97 Å². The first-order valence-electron chi connectivity index (χ1n) is 6.48. The molecule has 0 saturated heterocycles. The highest BCUT2D eigenvalue weighted by molar-refractivity contribution is 5.66. The fourth-order valence-corrected chi connectivity index (χ4v) is 2.04. The van der Waals surface area contributed by atoms with Crippen LogP contribution in [0.1, 0.15) is 45.4 Å². The van der Waals surface area contributed by atoms with Crippen LogP contribution in [0.25, 0.3) is 0 Å². The van der Waals surface area contributed by atoms with Gasteiger partial charge in [-0.1, -0.05) is 20.3 Å². The van der Waals surface area contributed by atoms with Crippen molar-refractivity contribution in [2.45, 2.75) is 59.0 Å². The average molecular weight is 239 g/mol. The first-order valence-corrected chi connectivity index (χ1v) is 6.48. The lowest BCUT2D eigenvalue weighted by Gasteiger charge is -2.02. The van der Waals surface area contributed by atoms with E-state index in [1.165, 1.54) is 18.7 Å². The van der Waals surface area contributed by atoms with Crippen molar-refractivity contribution in [2.24, 2.45) is 0 Å². The molecule has 4 nitrogen and oxygen atoms in total. The summed E-state index contributed by atoms with van der Waals surface area (Å²) in [6.07, 6.45) is 8.49. The Kier molecular flexibility index (Phi) is 5.73. The van der Waals surface area contributed by atoms with Gasteiger partial charge in [-0.25, -0.2) is 9.13 Å². The minimum Gasteiger partial charge on any atom is -0.481 e. The maximum Gasteiger partial charge on any atom is 0.303 e. The molecule has 1 aromatic rings. The molecule has 0 spiro atoms. The number of unbranched alkanes of at least 4 members (excludes halogenated alkanes) is 1. The van der Waals surface area contributed by atoms with Gasteiger partial charge in [-0.05, 0) is 12.8 Å². The zero-order valence-electron chi connectivity index (χ0n) is 10.9. The predicted molar refractivity (Wildman–Crippen MR) is 65.8 cm³/mol. The number of carbonyl (C=O) groups is 1. The highest BCUT2D eigenvalue weighted by Gasteiger charge is 2.14. The molecule has 0 amide bonds. The lowest BCUT2D eigenvalue weighted by molar-refractivity contribution is -0.704. The molecule has 0 unspecified atom stereocenters. The fraction of sp³-hybridized carbons (Fsp3) is 0.692. The summed E-state index contributed by atoms with van der Waals surface area (Å²) in [6.45, 7) is 6.20. The number of rotatable bonds is 8. The van der Waals surface area contributed by atoms with Crippen LogP contribution in [0, 0.1) is 0 Å². The van der Waals surface area contributed by atoms with E-state index in [2.05, 4.69) is 35.4 Å². The summed E-state index contributed by atoms with van der Waals surface area (Å²) >= 11 is 0. The molecule has 1 aromatic heterocycles. The maximum absolute atomic E-state index is 10.5. The molecule has 0 atom stereocenters.